The van der Waals surface area contributed by atoms with Gasteiger partial charge in [-0.2, -0.15) is 0 Å². The van der Waals surface area contributed by atoms with Gasteiger partial charge in [0.25, 0.3) is 0 Å². The van der Waals surface area contributed by atoms with Crippen LogP contribution in [0.2, 0.25) is 0 Å². The van der Waals surface area contributed by atoms with Crippen LogP contribution in [0.15, 0.2) is 18.7 Å². The van der Waals surface area contributed by atoms with Crippen LogP contribution in [0.1, 0.15) is 5.56 Å². The molecular weight excluding hydrogens is 180 g/mol. The Morgan fingerprint density at radius 2 is 1.64 bits per heavy atom. The highest BCUT2D eigenvalue weighted by molar-refractivity contribution is 5.65. The Labute approximate surface area is 83.9 Å². The average molecular weight is 194 g/mol. The van der Waals surface area contributed by atoms with Gasteiger partial charge in [0.1, 0.15) is 0 Å². The molecule has 0 aliphatic rings. The Hall–Kier alpha value is -1.64. The van der Waals surface area contributed by atoms with Crippen LogP contribution < -0.4 is 14.2 Å². The molecule has 76 valence electrons. The minimum Gasteiger partial charge on any atom is -0.493 e. The summed E-state index contributed by atoms with van der Waals surface area (Å²) in [6.07, 6.45) is 1.71. The highest BCUT2D eigenvalue weighted by Crippen LogP contribution is 2.39. The van der Waals surface area contributed by atoms with Crippen LogP contribution >= 0.6 is 0 Å². The fourth-order valence-corrected chi connectivity index (χ4v) is 1.29. The molecule has 3 heteroatoms. The summed E-state index contributed by atoms with van der Waals surface area (Å²) in [6.45, 7) is 3.69. The highest BCUT2D eigenvalue weighted by atomic mass is 16.5. The first-order valence-corrected chi connectivity index (χ1v) is 4.19. The van der Waals surface area contributed by atoms with E-state index in [9.17, 15) is 0 Å². The van der Waals surface area contributed by atoms with Gasteiger partial charge < -0.3 is 14.2 Å². The predicted molar refractivity (Wildman–Crippen MR) is 56.2 cm³/mol. The molecule has 1 rings (SSSR count). The van der Waals surface area contributed by atoms with Crippen molar-refractivity contribution in [3.63, 3.8) is 0 Å². The Bertz CT molecular complexity index is 332. The van der Waals surface area contributed by atoms with Crippen LogP contribution in [0.3, 0.4) is 0 Å². The summed E-state index contributed by atoms with van der Waals surface area (Å²) in [7, 11) is 4.75. The van der Waals surface area contributed by atoms with Crippen molar-refractivity contribution < 1.29 is 14.2 Å². The van der Waals surface area contributed by atoms with Gasteiger partial charge in [0.15, 0.2) is 11.5 Å². The first-order valence-electron chi connectivity index (χ1n) is 4.19. The van der Waals surface area contributed by atoms with Gasteiger partial charge in [-0.3, -0.25) is 0 Å². The molecule has 0 spiro atoms. The van der Waals surface area contributed by atoms with E-state index in [1.807, 2.05) is 12.1 Å². The molecule has 0 aliphatic carbocycles. The van der Waals surface area contributed by atoms with Crippen molar-refractivity contribution in [2.75, 3.05) is 21.3 Å². The monoisotopic (exact) mass is 194 g/mol. The largest absolute Gasteiger partial charge is 0.493 e. The van der Waals surface area contributed by atoms with E-state index in [0.29, 0.717) is 17.2 Å². The summed E-state index contributed by atoms with van der Waals surface area (Å²) in [5.41, 5.74) is 0.880. The lowest BCUT2D eigenvalue weighted by Gasteiger charge is -2.13. The van der Waals surface area contributed by atoms with E-state index >= 15 is 0 Å². The van der Waals surface area contributed by atoms with E-state index in [1.54, 1.807) is 27.4 Å². The SMILES string of the molecule is C=Cc1ccc(OC)c(OC)c1OC. The van der Waals surface area contributed by atoms with Crippen molar-refractivity contribution in [2.45, 2.75) is 0 Å². The molecule has 0 atom stereocenters. The molecule has 0 radical (unpaired) electrons. The third-order valence-electron chi connectivity index (χ3n) is 1.95. The Morgan fingerprint density at radius 3 is 2.07 bits per heavy atom. The zero-order valence-electron chi connectivity index (χ0n) is 8.66. The normalized spacial score (nSPS) is 9.36. The van der Waals surface area contributed by atoms with Gasteiger partial charge >= 0.3 is 0 Å². The topological polar surface area (TPSA) is 27.7 Å². The molecule has 0 aliphatic heterocycles. The van der Waals surface area contributed by atoms with Crippen LogP contribution in [0.25, 0.3) is 6.08 Å². The maximum absolute atomic E-state index is 5.22. The van der Waals surface area contributed by atoms with Crippen molar-refractivity contribution in [3.8, 4) is 17.2 Å². The van der Waals surface area contributed by atoms with Crippen molar-refractivity contribution in [3.05, 3.63) is 24.3 Å². The van der Waals surface area contributed by atoms with Gasteiger partial charge in [-0.25, -0.2) is 0 Å². The van der Waals surface area contributed by atoms with Gasteiger partial charge in [-0.05, 0) is 12.1 Å². The summed E-state index contributed by atoms with van der Waals surface area (Å²) in [4.78, 5) is 0. The average Bonchev–Trinajstić information content (AvgIpc) is 2.26. The lowest BCUT2D eigenvalue weighted by atomic mass is 10.1. The van der Waals surface area contributed by atoms with Crippen LogP contribution in [0.5, 0.6) is 17.2 Å². The lowest BCUT2D eigenvalue weighted by molar-refractivity contribution is 0.324. The van der Waals surface area contributed by atoms with Gasteiger partial charge in [-0.1, -0.05) is 12.7 Å². The van der Waals surface area contributed by atoms with Crippen LogP contribution in [-0.2, 0) is 0 Å². The molecule has 14 heavy (non-hydrogen) atoms. The van der Waals surface area contributed by atoms with Crippen molar-refractivity contribution in [1.29, 1.82) is 0 Å². The van der Waals surface area contributed by atoms with E-state index < -0.39 is 0 Å². The molecular formula is C11H14O3. The fourth-order valence-electron chi connectivity index (χ4n) is 1.29. The van der Waals surface area contributed by atoms with E-state index in [1.165, 1.54) is 0 Å². The van der Waals surface area contributed by atoms with Crippen molar-refractivity contribution >= 4 is 6.08 Å². The maximum atomic E-state index is 5.22. The second-order valence-electron chi connectivity index (χ2n) is 2.63. The molecule has 1 aromatic rings. The third kappa shape index (κ3) is 1.66. The fraction of sp³-hybridized carbons (Fsp3) is 0.273. The van der Waals surface area contributed by atoms with Crippen LogP contribution in [-0.4, -0.2) is 21.3 Å². The van der Waals surface area contributed by atoms with Crippen molar-refractivity contribution in [2.24, 2.45) is 0 Å². The zero-order chi connectivity index (χ0) is 10.6. The van der Waals surface area contributed by atoms with Crippen molar-refractivity contribution in [1.82, 2.24) is 0 Å². The summed E-state index contributed by atoms with van der Waals surface area (Å²) < 4.78 is 15.6. The van der Waals surface area contributed by atoms with E-state index in [2.05, 4.69) is 6.58 Å². The molecule has 0 unspecified atom stereocenters. The number of ether oxygens (including phenoxy) is 3. The molecule has 0 N–H and O–H groups in total. The highest BCUT2D eigenvalue weighted by Gasteiger charge is 2.13. The third-order valence-corrected chi connectivity index (χ3v) is 1.95. The first kappa shape index (κ1) is 10.4. The minimum absolute atomic E-state index is 0.590. The maximum Gasteiger partial charge on any atom is 0.203 e. The number of benzene rings is 1. The van der Waals surface area contributed by atoms with Gasteiger partial charge in [0.05, 0.1) is 21.3 Å². The van der Waals surface area contributed by atoms with Gasteiger partial charge in [0, 0.05) is 5.56 Å². The van der Waals surface area contributed by atoms with E-state index in [0.717, 1.165) is 5.56 Å². The number of rotatable bonds is 4. The molecule has 1 aromatic carbocycles. The molecule has 0 amide bonds. The lowest BCUT2D eigenvalue weighted by Crippen LogP contribution is -1.96. The Kier molecular flexibility index (Phi) is 3.40. The second-order valence-corrected chi connectivity index (χ2v) is 2.63. The molecule has 0 saturated heterocycles. The Balaban J connectivity index is 3.35. The second kappa shape index (κ2) is 4.56. The summed E-state index contributed by atoms with van der Waals surface area (Å²) in [5.74, 6) is 1.88. The standard InChI is InChI=1S/C11H14O3/c1-5-8-6-7-9(12-2)11(14-4)10(8)13-3/h5-7H,1H2,2-4H3. The minimum atomic E-state index is 0.590. The predicted octanol–water partition coefficient (Wildman–Crippen LogP) is 2.36. The molecule has 0 aromatic heterocycles. The molecule has 0 fully saturated rings. The molecule has 0 bridgehead atoms. The summed E-state index contributed by atoms with van der Waals surface area (Å²) in [6, 6.07) is 3.69. The van der Waals surface area contributed by atoms with E-state index in [4.69, 9.17) is 14.2 Å². The van der Waals surface area contributed by atoms with E-state index in [-0.39, 0.29) is 0 Å². The number of hydrogen-bond acceptors (Lipinski definition) is 3. The van der Waals surface area contributed by atoms with Crippen LogP contribution in [0.4, 0.5) is 0 Å². The zero-order valence-corrected chi connectivity index (χ0v) is 8.66. The molecule has 3 nitrogen and oxygen atoms in total. The molecule has 0 heterocycles. The number of methoxy groups -OCH3 is 3. The van der Waals surface area contributed by atoms with Gasteiger partial charge in [-0.15, -0.1) is 0 Å². The van der Waals surface area contributed by atoms with Gasteiger partial charge in [0.2, 0.25) is 5.75 Å². The number of hydrogen-bond donors (Lipinski definition) is 0. The quantitative estimate of drug-likeness (QED) is 0.736. The Morgan fingerprint density at radius 1 is 1.00 bits per heavy atom. The summed E-state index contributed by atoms with van der Waals surface area (Å²) in [5, 5.41) is 0. The summed E-state index contributed by atoms with van der Waals surface area (Å²) >= 11 is 0. The first-order chi connectivity index (χ1) is 6.78. The van der Waals surface area contributed by atoms with Crippen LogP contribution in [0, 0.1) is 0 Å². The molecule has 0 saturated carbocycles. The smallest absolute Gasteiger partial charge is 0.203 e.